The maximum atomic E-state index is 3.62. The predicted molar refractivity (Wildman–Crippen MR) is 71.6 cm³/mol. The molecule has 0 amide bonds. The van der Waals surface area contributed by atoms with Crippen LogP contribution in [0.15, 0.2) is 11.6 Å². The predicted octanol–water partition coefficient (Wildman–Crippen LogP) is 3.61. The van der Waals surface area contributed by atoms with Crippen LogP contribution in [0.1, 0.15) is 46.0 Å². The molecule has 1 unspecified atom stereocenters. The van der Waals surface area contributed by atoms with E-state index in [-0.39, 0.29) is 0 Å². The van der Waals surface area contributed by atoms with Crippen molar-refractivity contribution in [2.45, 2.75) is 52.0 Å². The number of likely N-dealkylation sites (N-methyl/N-ethyl adjacent to an activating group) is 1. The van der Waals surface area contributed by atoms with Crippen molar-refractivity contribution in [3.8, 4) is 0 Å². The molecule has 0 heterocycles. The van der Waals surface area contributed by atoms with Gasteiger partial charge in [-0.25, -0.2) is 0 Å². The Bertz CT molecular complexity index is 189. The minimum Gasteiger partial charge on any atom is -0.310 e. The van der Waals surface area contributed by atoms with Gasteiger partial charge in [0.2, 0.25) is 0 Å². The Morgan fingerprint density at radius 3 is 2.87 bits per heavy atom. The van der Waals surface area contributed by atoms with E-state index in [1.54, 1.807) is 5.57 Å². The molecule has 15 heavy (non-hydrogen) atoms. The number of nitrogens with one attached hydrogen (secondary N) is 1. The van der Waals surface area contributed by atoms with Crippen LogP contribution in [0.4, 0.5) is 0 Å². The van der Waals surface area contributed by atoms with Gasteiger partial charge in [-0.3, -0.25) is 0 Å². The average molecular weight is 227 g/mol. The fraction of sp³-hybridized carbons (Fsp3) is 0.846. The number of rotatable bonds is 7. The van der Waals surface area contributed by atoms with Crippen LogP contribution in [0.25, 0.3) is 0 Å². The van der Waals surface area contributed by atoms with Crippen LogP contribution in [0, 0.1) is 0 Å². The maximum Gasteiger partial charge on any atom is 0.0370 e. The molecule has 0 aliphatic heterocycles. The molecule has 1 atom stereocenters. The molecule has 0 saturated heterocycles. The number of hydrogen-bond acceptors (Lipinski definition) is 2. The minimum absolute atomic E-state index is 0.645. The van der Waals surface area contributed by atoms with Gasteiger partial charge in [0, 0.05) is 11.8 Å². The first-order valence-electron chi connectivity index (χ1n) is 6.38. The summed E-state index contributed by atoms with van der Waals surface area (Å²) in [7, 11) is 0. The monoisotopic (exact) mass is 227 g/mol. The van der Waals surface area contributed by atoms with Crippen LogP contribution < -0.4 is 5.32 Å². The molecule has 2 heteroatoms. The van der Waals surface area contributed by atoms with Crippen molar-refractivity contribution in [3.05, 3.63) is 11.6 Å². The molecular weight excluding hydrogens is 202 g/mol. The van der Waals surface area contributed by atoms with Gasteiger partial charge in [-0.05, 0) is 44.4 Å². The van der Waals surface area contributed by atoms with E-state index in [0.717, 1.165) is 6.54 Å². The lowest BCUT2D eigenvalue weighted by Crippen LogP contribution is -2.33. The number of allylic oxidation sites excluding steroid dienone is 1. The van der Waals surface area contributed by atoms with Gasteiger partial charge in [0.15, 0.2) is 0 Å². The van der Waals surface area contributed by atoms with E-state index in [1.165, 1.54) is 43.6 Å². The molecule has 1 aliphatic rings. The van der Waals surface area contributed by atoms with Gasteiger partial charge in [-0.15, -0.1) is 0 Å². The van der Waals surface area contributed by atoms with Crippen molar-refractivity contribution >= 4 is 11.8 Å². The second kappa shape index (κ2) is 8.23. The third-order valence-corrected chi connectivity index (χ3v) is 4.12. The number of thioether (sulfide) groups is 1. The fourth-order valence-electron chi connectivity index (χ4n) is 2.07. The lowest BCUT2D eigenvalue weighted by molar-refractivity contribution is 0.580. The van der Waals surface area contributed by atoms with Gasteiger partial charge < -0.3 is 5.32 Å². The third kappa shape index (κ3) is 5.07. The molecule has 0 spiro atoms. The lowest BCUT2D eigenvalue weighted by Gasteiger charge is -2.23. The van der Waals surface area contributed by atoms with E-state index in [0.29, 0.717) is 6.04 Å². The molecule has 0 aromatic carbocycles. The van der Waals surface area contributed by atoms with Crippen molar-refractivity contribution in [2.24, 2.45) is 0 Å². The van der Waals surface area contributed by atoms with Crippen molar-refractivity contribution in [1.29, 1.82) is 0 Å². The summed E-state index contributed by atoms with van der Waals surface area (Å²) >= 11 is 2.09. The zero-order chi connectivity index (χ0) is 10.9. The van der Waals surface area contributed by atoms with Crippen molar-refractivity contribution in [3.63, 3.8) is 0 Å². The van der Waals surface area contributed by atoms with Gasteiger partial charge in [0.1, 0.15) is 0 Å². The highest BCUT2D eigenvalue weighted by molar-refractivity contribution is 7.99. The first-order valence-corrected chi connectivity index (χ1v) is 7.54. The summed E-state index contributed by atoms with van der Waals surface area (Å²) in [6.07, 6.45) is 9.18. The van der Waals surface area contributed by atoms with Gasteiger partial charge in [-0.2, -0.15) is 11.8 Å². The van der Waals surface area contributed by atoms with Crippen LogP contribution in [-0.4, -0.2) is 24.1 Å². The van der Waals surface area contributed by atoms with E-state index in [4.69, 9.17) is 0 Å². The van der Waals surface area contributed by atoms with Crippen LogP contribution in [0.5, 0.6) is 0 Å². The number of hydrogen-bond donors (Lipinski definition) is 1. The van der Waals surface area contributed by atoms with E-state index in [9.17, 15) is 0 Å². The summed E-state index contributed by atoms with van der Waals surface area (Å²) in [6.45, 7) is 5.56. The molecule has 88 valence electrons. The molecule has 0 bridgehead atoms. The standard InChI is InChI=1S/C13H25NS/c1-3-10-15-11-13(14-4-2)12-8-6-5-7-9-12/h8,13-14H,3-7,9-11H2,1-2H3. The van der Waals surface area contributed by atoms with Crippen LogP contribution in [-0.2, 0) is 0 Å². The Morgan fingerprint density at radius 1 is 1.40 bits per heavy atom. The van der Waals surface area contributed by atoms with E-state index in [1.807, 2.05) is 0 Å². The normalized spacial score (nSPS) is 18.7. The Hall–Kier alpha value is 0.0500. The summed E-state index contributed by atoms with van der Waals surface area (Å²) in [5.41, 5.74) is 1.67. The molecule has 0 radical (unpaired) electrons. The molecule has 1 nitrogen and oxygen atoms in total. The largest absolute Gasteiger partial charge is 0.310 e. The molecular formula is C13H25NS. The first-order chi connectivity index (χ1) is 7.38. The molecule has 0 aromatic rings. The van der Waals surface area contributed by atoms with Crippen molar-refractivity contribution in [2.75, 3.05) is 18.1 Å². The van der Waals surface area contributed by atoms with Crippen LogP contribution in [0.3, 0.4) is 0 Å². The van der Waals surface area contributed by atoms with Gasteiger partial charge in [0.25, 0.3) is 0 Å². The SMILES string of the molecule is CCCSCC(NCC)C1=CCCCC1. The first kappa shape index (κ1) is 13.1. The van der Waals surface area contributed by atoms with Crippen LogP contribution >= 0.6 is 11.8 Å². The van der Waals surface area contributed by atoms with Crippen LogP contribution in [0.2, 0.25) is 0 Å². The summed E-state index contributed by atoms with van der Waals surface area (Å²) in [5.74, 6) is 2.56. The molecule has 1 N–H and O–H groups in total. The summed E-state index contributed by atoms with van der Waals surface area (Å²) in [4.78, 5) is 0. The van der Waals surface area contributed by atoms with Crippen molar-refractivity contribution < 1.29 is 0 Å². The summed E-state index contributed by atoms with van der Waals surface area (Å²) in [5, 5.41) is 3.62. The van der Waals surface area contributed by atoms with Gasteiger partial charge in [0.05, 0.1) is 0 Å². The Kier molecular flexibility index (Phi) is 7.20. The summed E-state index contributed by atoms with van der Waals surface area (Å²) < 4.78 is 0. The highest BCUT2D eigenvalue weighted by Gasteiger charge is 2.14. The third-order valence-electron chi connectivity index (χ3n) is 2.86. The molecule has 0 fully saturated rings. The topological polar surface area (TPSA) is 12.0 Å². The van der Waals surface area contributed by atoms with Crippen molar-refractivity contribution in [1.82, 2.24) is 5.32 Å². The molecule has 0 aromatic heterocycles. The van der Waals surface area contributed by atoms with E-state index < -0.39 is 0 Å². The molecule has 1 aliphatic carbocycles. The van der Waals surface area contributed by atoms with Gasteiger partial charge in [-0.1, -0.05) is 25.5 Å². The second-order valence-electron chi connectivity index (χ2n) is 4.21. The highest BCUT2D eigenvalue weighted by atomic mass is 32.2. The maximum absolute atomic E-state index is 3.62. The Labute approximate surface area is 99.1 Å². The van der Waals surface area contributed by atoms with Gasteiger partial charge >= 0.3 is 0 Å². The van der Waals surface area contributed by atoms with E-state index >= 15 is 0 Å². The second-order valence-corrected chi connectivity index (χ2v) is 5.36. The highest BCUT2D eigenvalue weighted by Crippen LogP contribution is 2.22. The lowest BCUT2D eigenvalue weighted by atomic mass is 9.95. The average Bonchev–Trinajstić information content (AvgIpc) is 2.29. The Balaban J connectivity index is 2.37. The fourth-order valence-corrected chi connectivity index (χ4v) is 3.09. The molecule has 1 rings (SSSR count). The zero-order valence-corrected chi connectivity index (χ0v) is 11.0. The summed E-state index contributed by atoms with van der Waals surface area (Å²) in [6, 6.07) is 0.645. The smallest absolute Gasteiger partial charge is 0.0370 e. The quantitative estimate of drug-likeness (QED) is 0.527. The van der Waals surface area contributed by atoms with E-state index in [2.05, 4.69) is 37.0 Å². The molecule has 0 saturated carbocycles. The zero-order valence-electron chi connectivity index (χ0n) is 10.2. The Morgan fingerprint density at radius 2 is 2.27 bits per heavy atom. The minimum atomic E-state index is 0.645.